The number of halogens is 1. The lowest BCUT2D eigenvalue weighted by Crippen LogP contribution is -2.04. The van der Waals surface area contributed by atoms with E-state index >= 15 is 0 Å². The molecule has 3 rings (SSSR count). The zero-order valence-electron chi connectivity index (χ0n) is 9.41. The summed E-state index contributed by atoms with van der Waals surface area (Å²) in [6, 6.07) is 7.62. The summed E-state index contributed by atoms with van der Waals surface area (Å²) in [5.74, 6) is 0.878. The Balaban J connectivity index is 2.20. The molecule has 2 aromatic heterocycles. The molecule has 0 radical (unpaired) electrons. The van der Waals surface area contributed by atoms with Crippen molar-refractivity contribution in [2.45, 2.75) is 0 Å². The highest BCUT2D eigenvalue weighted by molar-refractivity contribution is 9.10. The molecule has 1 aromatic carbocycles. The molecule has 3 aromatic rings. The van der Waals surface area contributed by atoms with Crippen molar-refractivity contribution in [2.75, 3.05) is 7.11 Å². The van der Waals surface area contributed by atoms with Gasteiger partial charge in [-0.3, -0.25) is 0 Å². The van der Waals surface area contributed by atoms with Gasteiger partial charge in [-0.15, -0.1) is 5.10 Å². The van der Waals surface area contributed by atoms with Gasteiger partial charge in [0.1, 0.15) is 5.52 Å². The fourth-order valence-corrected chi connectivity index (χ4v) is 1.96. The van der Waals surface area contributed by atoms with Crippen LogP contribution >= 0.6 is 15.9 Å². The van der Waals surface area contributed by atoms with E-state index < -0.39 is 0 Å². The Morgan fingerprint density at radius 3 is 2.94 bits per heavy atom. The minimum Gasteiger partial charge on any atom is -0.480 e. The molecule has 6 nitrogen and oxygen atoms in total. The largest absolute Gasteiger partial charge is 0.480 e. The summed E-state index contributed by atoms with van der Waals surface area (Å²) < 4.78 is 7.40. The molecule has 0 saturated carbocycles. The second kappa shape index (κ2) is 4.34. The van der Waals surface area contributed by atoms with Crippen LogP contribution in [0.3, 0.4) is 0 Å². The molecule has 0 aliphatic heterocycles. The van der Waals surface area contributed by atoms with Crippen molar-refractivity contribution in [2.24, 2.45) is 0 Å². The Morgan fingerprint density at radius 2 is 2.11 bits per heavy atom. The van der Waals surface area contributed by atoms with E-state index in [9.17, 15) is 0 Å². The first-order chi connectivity index (χ1) is 8.79. The molecule has 18 heavy (non-hydrogen) atoms. The molecule has 0 bridgehead atoms. The summed E-state index contributed by atoms with van der Waals surface area (Å²) in [4.78, 5) is 8.47. The van der Waals surface area contributed by atoms with E-state index in [1.807, 2.05) is 24.3 Å². The van der Waals surface area contributed by atoms with E-state index in [1.54, 1.807) is 18.0 Å². The highest BCUT2D eigenvalue weighted by Gasteiger charge is 2.11. The predicted molar refractivity (Wildman–Crippen MR) is 68.7 cm³/mol. The Bertz CT molecular complexity index is 711. The van der Waals surface area contributed by atoms with Crippen molar-refractivity contribution >= 4 is 27.0 Å². The van der Waals surface area contributed by atoms with E-state index in [0.717, 1.165) is 11.0 Å². The Labute approximate surface area is 111 Å². The monoisotopic (exact) mass is 305 g/mol. The quantitative estimate of drug-likeness (QED) is 0.724. The third-order valence-electron chi connectivity index (χ3n) is 2.43. The molecule has 0 spiro atoms. The first kappa shape index (κ1) is 11.1. The number of aromatic nitrogens is 5. The number of fused-ring (bicyclic) bond motifs is 1. The SMILES string of the molecule is COc1nc(-n2nnc3ccccc32)ncc1Br. The minimum absolute atomic E-state index is 0.420. The summed E-state index contributed by atoms with van der Waals surface area (Å²) in [5.41, 5.74) is 1.64. The summed E-state index contributed by atoms with van der Waals surface area (Å²) >= 11 is 3.31. The lowest BCUT2D eigenvalue weighted by atomic mass is 10.3. The standard InChI is InChI=1S/C11H8BrN5O/c1-18-10-7(12)6-13-11(14-10)17-9-5-3-2-4-8(9)15-16-17/h2-6H,1H3. The molecule has 0 aliphatic rings. The van der Waals surface area contributed by atoms with Gasteiger partial charge in [0.05, 0.1) is 23.3 Å². The molecule has 0 atom stereocenters. The molecule has 2 heterocycles. The van der Waals surface area contributed by atoms with Gasteiger partial charge >= 0.3 is 0 Å². The van der Waals surface area contributed by atoms with Crippen molar-refractivity contribution in [1.82, 2.24) is 25.0 Å². The fraction of sp³-hybridized carbons (Fsp3) is 0.0909. The van der Waals surface area contributed by atoms with Crippen molar-refractivity contribution in [1.29, 1.82) is 0 Å². The topological polar surface area (TPSA) is 65.7 Å². The minimum atomic E-state index is 0.420. The van der Waals surface area contributed by atoms with Crippen LogP contribution in [0.2, 0.25) is 0 Å². The number of nitrogens with zero attached hydrogens (tertiary/aromatic N) is 5. The van der Waals surface area contributed by atoms with Gasteiger partial charge in [-0.25, -0.2) is 4.98 Å². The van der Waals surface area contributed by atoms with Gasteiger partial charge in [0.2, 0.25) is 5.88 Å². The molecular weight excluding hydrogens is 298 g/mol. The van der Waals surface area contributed by atoms with E-state index in [0.29, 0.717) is 16.3 Å². The average Bonchev–Trinajstić information content (AvgIpc) is 2.83. The Morgan fingerprint density at radius 1 is 1.28 bits per heavy atom. The maximum absolute atomic E-state index is 5.14. The van der Waals surface area contributed by atoms with Crippen LogP contribution in [0.4, 0.5) is 0 Å². The molecule has 0 amide bonds. The normalized spacial score (nSPS) is 10.8. The van der Waals surface area contributed by atoms with Crippen LogP contribution in [0, 0.1) is 0 Å². The maximum atomic E-state index is 5.14. The summed E-state index contributed by atoms with van der Waals surface area (Å²) in [5, 5.41) is 8.09. The highest BCUT2D eigenvalue weighted by Crippen LogP contribution is 2.22. The van der Waals surface area contributed by atoms with Crippen molar-refractivity contribution in [3.8, 4) is 11.8 Å². The van der Waals surface area contributed by atoms with Gasteiger partial charge in [-0.1, -0.05) is 17.3 Å². The van der Waals surface area contributed by atoms with Crippen LogP contribution < -0.4 is 4.74 Å². The number of rotatable bonds is 2. The lowest BCUT2D eigenvalue weighted by molar-refractivity contribution is 0.392. The molecular formula is C11H8BrN5O. The number of methoxy groups -OCH3 is 1. The van der Waals surface area contributed by atoms with Crippen molar-refractivity contribution < 1.29 is 4.74 Å². The van der Waals surface area contributed by atoms with Crippen molar-refractivity contribution in [3.63, 3.8) is 0 Å². The van der Waals surface area contributed by atoms with Crippen LogP contribution in [-0.4, -0.2) is 32.1 Å². The molecule has 7 heteroatoms. The average molecular weight is 306 g/mol. The molecule has 0 unspecified atom stereocenters. The van der Waals surface area contributed by atoms with E-state index in [1.165, 1.54) is 0 Å². The van der Waals surface area contributed by atoms with Gasteiger partial charge in [0, 0.05) is 0 Å². The summed E-state index contributed by atoms with van der Waals surface area (Å²) in [6.07, 6.45) is 1.62. The van der Waals surface area contributed by atoms with Crippen LogP contribution in [-0.2, 0) is 0 Å². The van der Waals surface area contributed by atoms with Gasteiger partial charge < -0.3 is 4.74 Å². The first-order valence-corrected chi connectivity index (χ1v) is 5.96. The van der Waals surface area contributed by atoms with Gasteiger partial charge in [0.15, 0.2) is 0 Å². The molecule has 90 valence electrons. The van der Waals surface area contributed by atoms with Gasteiger partial charge in [-0.2, -0.15) is 9.67 Å². The zero-order chi connectivity index (χ0) is 12.5. The van der Waals surface area contributed by atoms with Crippen LogP contribution in [0.25, 0.3) is 17.0 Å². The van der Waals surface area contributed by atoms with E-state index in [2.05, 4.69) is 36.2 Å². The fourth-order valence-electron chi connectivity index (χ4n) is 1.60. The van der Waals surface area contributed by atoms with E-state index in [-0.39, 0.29) is 0 Å². The molecule has 0 aliphatic carbocycles. The second-order valence-electron chi connectivity index (χ2n) is 3.52. The first-order valence-electron chi connectivity index (χ1n) is 5.17. The Kier molecular flexibility index (Phi) is 2.67. The van der Waals surface area contributed by atoms with Gasteiger partial charge in [-0.05, 0) is 28.1 Å². The van der Waals surface area contributed by atoms with Crippen molar-refractivity contribution in [3.05, 3.63) is 34.9 Å². The number of hydrogen-bond acceptors (Lipinski definition) is 5. The predicted octanol–water partition coefficient (Wildman–Crippen LogP) is 1.98. The zero-order valence-corrected chi connectivity index (χ0v) is 11.0. The molecule has 0 saturated heterocycles. The Hall–Kier alpha value is -2.02. The number of ether oxygens (including phenoxy) is 1. The highest BCUT2D eigenvalue weighted by atomic mass is 79.9. The molecule has 0 fully saturated rings. The van der Waals surface area contributed by atoms with Crippen LogP contribution in [0.1, 0.15) is 0 Å². The number of para-hydroxylation sites is 1. The number of hydrogen-bond donors (Lipinski definition) is 0. The third kappa shape index (κ3) is 1.72. The summed E-state index contributed by atoms with van der Waals surface area (Å²) in [7, 11) is 1.55. The maximum Gasteiger partial charge on any atom is 0.255 e. The second-order valence-corrected chi connectivity index (χ2v) is 4.37. The smallest absolute Gasteiger partial charge is 0.255 e. The van der Waals surface area contributed by atoms with Crippen LogP contribution in [0.15, 0.2) is 34.9 Å². The third-order valence-corrected chi connectivity index (χ3v) is 2.98. The van der Waals surface area contributed by atoms with Gasteiger partial charge in [0.25, 0.3) is 5.95 Å². The summed E-state index contributed by atoms with van der Waals surface area (Å²) in [6.45, 7) is 0. The lowest BCUT2D eigenvalue weighted by Gasteiger charge is -2.04. The van der Waals surface area contributed by atoms with E-state index in [4.69, 9.17) is 4.74 Å². The van der Waals surface area contributed by atoms with Crippen LogP contribution in [0.5, 0.6) is 5.88 Å². The number of benzene rings is 1. The molecule has 0 N–H and O–H groups in total.